The lowest BCUT2D eigenvalue weighted by molar-refractivity contribution is -0.274. The van der Waals surface area contributed by atoms with E-state index in [1.165, 1.54) is 18.2 Å². The first-order chi connectivity index (χ1) is 19.7. The van der Waals surface area contributed by atoms with Crippen molar-refractivity contribution >= 4 is 28.8 Å². The quantitative estimate of drug-likeness (QED) is 0.269. The summed E-state index contributed by atoms with van der Waals surface area (Å²) < 4.78 is 55.9. The molecule has 2 aliphatic rings. The van der Waals surface area contributed by atoms with Crippen molar-refractivity contribution in [1.29, 1.82) is 0 Å². The molecule has 0 atom stereocenters. The SMILES string of the molecule is CC(C)(C)CN1CCC2(CC1)CN(c1ccccc1NC(=O)Nc1ccc(OC(F)(F)F)cc1)c1c2ccc(F)c1O. The van der Waals surface area contributed by atoms with E-state index in [2.05, 4.69) is 41.0 Å². The van der Waals surface area contributed by atoms with Crippen LogP contribution in [0, 0.1) is 11.2 Å². The van der Waals surface area contributed by atoms with Gasteiger partial charge in [-0.3, -0.25) is 0 Å². The molecule has 0 saturated carbocycles. The number of para-hydroxylation sites is 2. The van der Waals surface area contributed by atoms with Gasteiger partial charge < -0.3 is 30.3 Å². The summed E-state index contributed by atoms with van der Waals surface area (Å²) in [6, 6.07) is 14.3. The number of nitrogens with zero attached hydrogens (tertiary/aromatic N) is 2. The van der Waals surface area contributed by atoms with Crippen LogP contribution in [0.3, 0.4) is 0 Å². The molecular weight excluding hydrogens is 552 g/mol. The number of aromatic hydroxyl groups is 1. The van der Waals surface area contributed by atoms with Gasteiger partial charge in [0.1, 0.15) is 5.75 Å². The van der Waals surface area contributed by atoms with E-state index in [0.717, 1.165) is 50.2 Å². The number of likely N-dealkylation sites (tertiary alicyclic amines) is 1. The zero-order chi connectivity index (χ0) is 30.3. The lowest BCUT2D eigenvalue weighted by atomic mass is 9.74. The number of alkyl halides is 3. The highest BCUT2D eigenvalue weighted by Crippen LogP contribution is 2.54. The van der Waals surface area contributed by atoms with E-state index in [4.69, 9.17) is 0 Å². The maximum atomic E-state index is 14.7. The summed E-state index contributed by atoms with van der Waals surface area (Å²) >= 11 is 0. The number of piperidine rings is 1. The van der Waals surface area contributed by atoms with Crippen LogP contribution in [0.25, 0.3) is 0 Å². The van der Waals surface area contributed by atoms with Crippen LogP contribution in [0.15, 0.2) is 60.7 Å². The fourth-order valence-electron chi connectivity index (χ4n) is 6.01. The highest BCUT2D eigenvalue weighted by molar-refractivity contribution is 6.02. The van der Waals surface area contributed by atoms with Gasteiger partial charge in [0, 0.05) is 24.2 Å². The molecule has 5 rings (SSSR count). The number of hydrogen-bond acceptors (Lipinski definition) is 5. The second-order valence-electron chi connectivity index (χ2n) is 12.2. The first kappa shape index (κ1) is 29.5. The third-order valence-electron chi connectivity index (χ3n) is 7.70. The lowest BCUT2D eigenvalue weighted by Crippen LogP contribution is -2.46. The molecule has 3 aromatic carbocycles. The van der Waals surface area contributed by atoms with E-state index in [9.17, 15) is 27.5 Å². The van der Waals surface area contributed by atoms with Gasteiger partial charge in [-0.15, -0.1) is 13.2 Å². The maximum absolute atomic E-state index is 14.7. The Labute approximate surface area is 242 Å². The van der Waals surface area contributed by atoms with Crippen molar-refractivity contribution in [2.75, 3.05) is 41.7 Å². The molecular formula is C31H34F4N4O3. The Kier molecular flexibility index (Phi) is 7.74. The Hall–Kier alpha value is -3.99. The zero-order valence-corrected chi connectivity index (χ0v) is 23.7. The van der Waals surface area contributed by atoms with Gasteiger partial charge in [-0.05, 0) is 79.4 Å². The summed E-state index contributed by atoms with van der Waals surface area (Å²) in [5.41, 5.74) is 2.40. The molecule has 1 saturated heterocycles. The van der Waals surface area contributed by atoms with E-state index in [-0.39, 0.29) is 16.5 Å². The Balaban J connectivity index is 1.37. The summed E-state index contributed by atoms with van der Waals surface area (Å²) in [5.74, 6) is -1.55. The number of phenols is 1. The molecule has 11 heteroatoms. The van der Waals surface area contributed by atoms with Crippen molar-refractivity contribution in [1.82, 2.24) is 4.90 Å². The van der Waals surface area contributed by atoms with E-state index in [1.54, 1.807) is 30.3 Å². The number of carbonyl (C=O) groups excluding carboxylic acids is 1. The average Bonchev–Trinajstić information content (AvgIpc) is 3.21. The fraction of sp³-hybridized carbons (Fsp3) is 0.387. The number of nitrogens with one attached hydrogen (secondary N) is 2. The first-order valence-corrected chi connectivity index (χ1v) is 13.8. The van der Waals surface area contributed by atoms with Crippen molar-refractivity contribution in [3.63, 3.8) is 0 Å². The van der Waals surface area contributed by atoms with Crippen molar-refractivity contribution in [2.45, 2.75) is 45.4 Å². The van der Waals surface area contributed by atoms with Crippen LogP contribution < -0.4 is 20.3 Å². The number of hydrogen-bond donors (Lipinski definition) is 3. The van der Waals surface area contributed by atoms with Gasteiger partial charge in [-0.25, -0.2) is 9.18 Å². The number of amides is 2. The molecule has 2 heterocycles. The molecule has 0 unspecified atom stereocenters. The van der Waals surface area contributed by atoms with Crippen LogP contribution in [0.1, 0.15) is 39.2 Å². The van der Waals surface area contributed by atoms with Crippen LogP contribution in [0.4, 0.5) is 45.1 Å². The predicted octanol–water partition coefficient (Wildman–Crippen LogP) is 7.61. The molecule has 3 N–H and O–H groups in total. The van der Waals surface area contributed by atoms with Gasteiger partial charge in [0.15, 0.2) is 11.6 Å². The standard InChI is InChI=1S/C31H34F4N4O3/c1-29(2,3)18-38-16-14-30(15-17-38)19-39(26-22(30)12-13-23(32)27(26)40)25-7-5-4-6-24(25)37-28(41)36-20-8-10-21(11-9-20)42-31(33,34)35/h4-13,40H,14-19H2,1-3H3,(H2,36,37,41). The molecule has 0 bridgehead atoms. The molecule has 224 valence electrons. The number of halogens is 4. The van der Waals surface area contributed by atoms with Crippen molar-refractivity contribution < 1.29 is 32.2 Å². The number of carbonyl (C=O) groups is 1. The minimum absolute atomic E-state index is 0.162. The normalized spacial score (nSPS) is 16.8. The van der Waals surface area contributed by atoms with Crippen LogP contribution in [-0.4, -0.2) is 48.6 Å². The second-order valence-corrected chi connectivity index (χ2v) is 12.2. The second kappa shape index (κ2) is 11.0. The molecule has 2 aliphatic heterocycles. The molecule has 0 aromatic heterocycles. The van der Waals surface area contributed by atoms with Gasteiger partial charge in [0.25, 0.3) is 0 Å². The van der Waals surface area contributed by atoms with E-state index in [1.807, 2.05) is 4.90 Å². The molecule has 7 nitrogen and oxygen atoms in total. The molecule has 0 aliphatic carbocycles. The monoisotopic (exact) mass is 586 g/mol. The number of anilines is 4. The van der Waals surface area contributed by atoms with E-state index in [0.29, 0.717) is 23.6 Å². The van der Waals surface area contributed by atoms with Gasteiger partial charge in [-0.1, -0.05) is 39.0 Å². The minimum Gasteiger partial charge on any atom is -0.503 e. The average molecular weight is 587 g/mol. The number of urea groups is 1. The third kappa shape index (κ3) is 6.41. The van der Waals surface area contributed by atoms with Crippen LogP contribution in [-0.2, 0) is 5.41 Å². The number of ether oxygens (including phenoxy) is 1. The lowest BCUT2D eigenvalue weighted by Gasteiger charge is -2.42. The summed E-state index contributed by atoms with van der Waals surface area (Å²) in [4.78, 5) is 17.2. The summed E-state index contributed by atoms with van der Waals surface area (Å²) in [6.45, 7) is 9.85. The topological polar surface area (TPSA) is 77.1 Å². The number of rotatable bonds is 5. The van der Waals surface area contributed by atoms with E-state index >= 15 is 0 Å². The van der Waals surface area contributed by atoms with Crippen LogP contribution >= 0.6 is 0 Å². The van der Waals surface area contributed by atoms with Crippen LogP contribution in [0.5, 0.6) is 11.5 Å². The summed E-state index contributed by atoms with van der Waals surface area (Å²) in [5, 5.41) is 16.3. The Morgan fingerprint density at radius 2 is 1.64 bits per heavy atom. The molecule has 1 spiro atoms. The molecule has 42 heavy (non-hydrogen) atoms. The Bertz CT molecular complexity index is 1450. The van der Waals surface area contributed by atoms with Crippen molar-refractivity contribution in [3.05, 3.63) is 72.0 Å². The molecule has 3 aromatic rings. The summed E-state index contributed by atoms with van der Waals surface area (Å²) in [7, 11) is 0. The minimum atomic E-state index is -4.82. The predicted molar refractivity (Wildman–Crippen MR) is 154 cm³/mol. The maximum Gasteiger partial charge on any atom is 0.573 e. The fourth-order valence-corrected chi connectivity index (χ4v) is 6.01. The van der Waals surface area contributed by atoms with Gasteiger partial charge in [-0.2, -0.15) is 0 Å². The highest BCUT2D eigenvalue weighted by atomic mass is 19.4. The number of phenolic OH excluding ortho intramolecular Hbond substituents is 1. The smallest absolute Gasteiger partial charge is 0.503 e. The number of fused-ring (bicyclic) bond motifs is 2. The van der Waals surface area contributed by atoms with E-state index < -0.39 is 29.7 Å². The van der Waals surface area contributed by atoms with Gasteiger partial charge >= 0.3 is 12.4 Å². The van der Waals surface area contributed by atoms with Crippen LogP contribution in [0.2, 0.25) is 0 Å². The summed E-state index contributed by atoms with van der Waals surface area (Å²) in [6.07, 6.45) is -3.15. The molecule has 0 radical (unpaired) electrons. The Morgan fingerprint density at radius 3 is 2.29 bits per heavy atom. The third-order valence-corrected chi connectivity index (χ3v) is 7.70. The van der Waals surface area contributed by atoms with Crippen molar-refractivity contribution in [2.24, 2.45) is 5.41 Å². The molecule has 2 amide bonds. The molecule has 1 fully saturated rings. The van der Waals surface area contributed by atoms with Gasteiger partial charge in [0.2, 0.25) is 0 Å². The highest BCUT2D eigenvalue weighted by Gasteiger charge is 2.47. The number of benzene rings is 3. The largest absolute Gasteiger partial charge is 0.573 e. The van der Waals surface area contributed by atoms with Crippen molar-refractivity contribution in [3.8, 4) is 11.5 Å². The first-order valence-electron chi connectivity index (χ1n) is 13.8. The zero-order valence-electron chi connectivity index (χ0n) is 23.7. The Morgan fingerprint density at radius 1 is 0.976 bits per heavy atom. The van der Waals surface area contributed by atoms with Gasteiger partial charge in [0.05, 0.1) is 17.1 Å².